The van der Waals surface area contributed by atoms with Gasteiger partial charge < -0.3 is 10.7 Å². The van der Waals surface area contributed by atoms with Gasteiger partial charge in [0.15, 0.2) is 0 Å². The Morgan fingerprint density at radius 1 is 1.05 bits per heavy atom. The number of hydrazine groups is 1. The molecule has 2 aromatic rings. The number of nitrogens with one attached hydrogen (secondary N) is 2. The molecule has 1 amide bonds. The molecule has 0 saturated carbocycles. The summed E-state index contributed by atoms with van der Waals surface area (Å²) in [7, 11) is 0. The van der Waals surface area contributed by atoms with Gasteiger partial charge in [-0.2, -0.15) is 0 Å². The molecule has 20 heavy (non-hydrogen) atoms. The summed E-state index contributed by atoms with van der Waals surface area (Å²) in [6, 6.07) is 11.2. The summed E-state index contributed by atoms with van der Waals surface area (Å²) in [5.41, 5.74) is 6.49. The highest BCUT2D eigenvalue weighted by Gasteiger charge is 2.12. The van der Waals surface area contributed by atoms with Gasteiger partial charge in [0.05, 0.1) is 16.9 Å². The van der Waals surface area contributed by atoms with Gasteiger partial charge in [-0.25, -0.2) is 0 Å². The molecule has 2 rings (SSSR count). The molecule has 0 fully saturated rings. The van der Waals surface area contributed by atoms with Gasteiger partial charge in [0, 0.05) is 4.47 Å². The number of nitrogen functional groups attached to an aromatic ring is 1. The Balaban J connectivity index is 2.30. The van der Waals surface area contributed by atoms with Crippen LogP contribution in [0, 0.1) is 13.8 Å². The van der Waals surface area contributed by atoms with Crippen LogP contribution in [-0.4, -0.2) is 5.91 Å². The molecular formula is C15H16BrN3O. The van der Waals surface area contributed by atoms with Crippen LogP contribution in [-0.2, 0) is 0 Å². The second-order valence-electron chi connectivity index (χ2n) is 4.63. The Bertz CT molecular complexity index is 656. The van der Waals surface area contributed by atoms with E-state index in [1.165, 1.54) is 0 Å². The summed E-state index contributed by atoms with van der Waals surface area (Å²) < 4.78 is 0.848. The van der Waals surface area contributed by atoms with Crippen LogP contribution >= 0.6 is 15.9 Å². The van der Waals surface area contributed by atoms with Crippen molar-refractivity contribution in [3.63, 3.8) is 0 Å². The van der Waals surface area contributed by atoms with Gasteiger partial charge in [0.1, 0.15) is 0 Å². The summed E-state index contributed by atoms with van der Waals surface area (Å²) in [6.45, 7) is 3.92. The third-order valence-corrected chi connectivity index (χ3v) is 3.60. The van der Waals surface area contributed by atoms with Gasteiger partial charge in [0.2, 0.25) is 0 Å². The number of nitrogens with two attached hydrogens (primary N) is 1. The van der Waals surface area contributed by atoms with Crippen LogP contribution in [0.5, 0.6) is 0 Å². The quantitative estimate of drug-likeness (QED) is 0.593. The van der Waals surface area contributed by atoms with E-state index in [2.05, 4.69) is 26.7 Å². The number of rotatable bonds is 3. The van der Waals surface area contributed by atoms with Crippen LogP contribution < -0.4 is 16.6 Å². The zero-order valence-electron chi connectivity index (χ0n) is 11.3. The second kappa shape index (κ2) is 6.07. The molecule has 0 aliphatic carbocycles. The minimum absolute atomic E-state index is 0.203. The highest BCUT2D eigenvalue weighted by Crippen LogP contribution is 2.25. The van der Waals surface area contributed by atoms with Crippen molar-refractivity contribution >= 4 is 33.2 Å². The van der Waals surface area contributed by atoms with Crippen molar-refractivity contribution in [2.75, 3.05) is 10.7 Å². The second-order valence-corrected chi connectivity index (χ2v) is 5.49. The minimum atomic E-state index is -0.203. The van der Waals surface area contributed by atoms with Gasteiger partial charge in [-0.05, 0) is 59.6 Å². The molecule has 4 nitrogen and oxygen atoms in total. The van der Waals surface area contributed by atoms with Crippen LogP contribution in [0.3, 0.4) is 0 Å². The topological polar surface area (TPSA) is 67.2 Å². The summed E-state index contributed by atoms with van der Waals surface area (Å²) >= 11 is 3.44. The van der Waals surface area contributed by atoms with E-state index < -0.39 is 0 Å². The molecule has 0 atom stereocenters. The van der Waals surface area contributed by atoms with Crippen LogP contribution in [0.1, 0.15) is 21.5 Å². The fourth-order valence-corrected chi connectivity index (χ4v) is 2.48. The number of amides is 1. The first-order valence-electron chi connectivity index (χ1n) is 6.16. The van der Waals surface area contributed by atoms with E-state index in [9.17, 15) is 4.79 Å². The van der Waals surface area contributed by atoms with Crippen molar-refractivity contribution in [1.29, 1.82) is 0 Å². The molecule has 0 aromatic heterocycles. The van der Waals surface area contributed by atoms with Crippen LogP contribution in [0.15, 0.2) is 40.9 Å². The Labute approximate surface area is 126 Å². The van der Waals surface area contributed by atoms with Gasteiger partial charge in [-0.1, -0.05) is 17.7 Å². The number of hydrogen-bond donors (Lipinski definition) is 3. The molecule has 0 aliphatic heterocycles. The molecule has 4 N–H and O–H groups in total. The number of benzene rings is 2. The van der Waals surface area contributed by atoms with Gasteiger partial charge in [-0.15, -0.1) is 0 Å². The van der Waals surface area contributed by atoms with Crippen LogP contribution in [0.2, 0.25) is 0 Å². The first kappa shape index (κ1) is 14.6. The van der Waals surface area contributed by atoms with Gasteiger partial charge in [-0.3, -0.25) is 10.6 Å². The van der Waals surface area contributed by atoms with Gasteiger partial charge in [0.25, 0.3) is 5.91 Å². The lowest BCUT2D eigenvalue weighted by molar-refractivity contribution is 0.102. The molecule has 0 spiro atoms. The third kappa shape index (κ3) is 3.18. The molecule has 0 bridgehead atoms. The summed E-state index contributed by atoms with van der Waals surface area (Å²) in [6.07, 6.45) is 0. The number of carbonyl (C=O) groups excluding carboxylic acids is 1. The molecule has 0 unspecified atom stereocenters. The fourth-order valence-electron chi connectivity index (χ4n) is 1.88. The maximum Gasteiger partial charge on any atom is 0.257 e. The summed E-state index contributed by atoms with van der Waals surface area (Å²) in [5, 5.41) is 2.87. The monoisotopic (exact) mass is 333 g/mol. The van der Waals surface area contributed by atoms with E-state index in [1.807, 2.05) is 38.1 Å². The van der Waals surface area contributed by atoms with E-state index in [4.69, 9.17) is 5.84 Å². The zero-order chi connectivity index (χ0) is 14.7. The smallest absolute Gasteiger partial charge is 0.257 e. The van der Waals surface area contributed by atoms with E-state index in [0.29, 0.717) is 11.3 Å². The van der Waals surface area contributed by atoms with Crippen molar-refractivity contribution in [1.82, 2.24) is 0 Å². The van der Waals surface area contributed by atoms with E-state index in [-0.39, 0.29) is 5.91 Å². The zero-order valence-corrected chi connectivity index (χ0v) is 12.9. The molecule has 104 valence electrons. The molecule has 0 radical (unpaired) electrons. The standard InChI is InChI=1S/C15H16BrN3O/c1-9-3-5-13(19-17)11(7-9)15(20)18-14-6-4-10(2)8-12(14)16/h3-8,19H,17H2,1-2H3,(H,18,20). The first-order valence-corrected chi connectivity index (χ1v) is 6.95. The minimum Gasteiger partial charge on any atom is -0.323 e. The van der Waals surface area contributed by atoms with E-state index in [1.54, 1.807) is 12.1 Å². The largest absolute Gasteiger partial charge is 0.323 e. The maximum absolute atomic E-state index is 12.4. The number of carbonyl (C=O) groups is 1. The van der Waals surface area contributed by atoms with Crippen molar-refractivity contribution < 1.29 is 4.79 Å². The Hall–Kier alpha value is -1.85. The Morgan fingerprint density at radius 2 is 1.65 bits per heavy atom. The number of aryl methyl sites for hydroxylation is 2. The lowest BCUT2D eigenvalue weighted by Crippen LogP contribution is -2.17. The number of anilines is 2. The van der Waals surface area contributed by atoms with E-state index in [0.717, 1.165) is 21.3 Å². The highest BCUT2D eigenvalue weighted by atomic mass is 79.9. The predicted molar refractivity (Wildman–Crippen MR) is 85.8 cm³/mol. The number of halogens is 1. The summed E-state index contributed by atoms with van der Waals surface area (Å²) in [4.78, 5) is 12.4. The number of hydrogen-bond acceptors (Lipinski definition) is 3. The molecule has 0 saturated heterocycles. The normalized spacial score (nSPS) is 10.2. The average Bonchev–Trinajstić information content (AvgIpc) is 2.41. The Kier molecular flexibility index (Phi) is 4.42. The average molecular weight is 334 g/mol. The molecule has 2 aromatic carbocycles. The first-order chi connectivity index (χ1) is 9.51. The van der Waals surface area contributed by atoms with Gasteiger partial charge >= 0.3 is 0 Å². The Morgan fingerprint density at radius 3 is 2.25 bits per heavy atom. The lowest BCUT2D eigenvalue weighted by Gasteiger charge is -2.12. The van der Waals surface area contributed by atoms with Crippen molar-refractivity contribution in [2.24, 2.45) is 5.84 Å². The van der Waals surface area contributed by atoms with Crippen LogP contribution in [0.25, 0.3) is 0 Å². The lowest BCUT2D eigenvalue weighted by atomic mass is 10.1. The third-order valence-electron chi connectivity index (χ3n) is 2.95. The molecule has 0 aliphatic rings. The van der Waals surface area contributed by atoms with Crippen LogP contribution in [0.4, 0.5) is 11.4 Å². The molecular weight excluding hydrogens is 318 g/mol. The summed E-state index contributed by atoms with van der Waals surface area (Å²) in [5.74, 6) is 5.24. The van der Waals surface area contributed by atoms with E-state index >= 15 is 0 Å². The molecule has 5 heteroatoms. The van der Waals surface area contributed by atoms with Crippen molar-refractivity contribution in [3.05, 3.63) is 57.6 Å². The predicted octanol–water partition coefficient (Wildman–Crippen LogP) is 3.60. The maximum atomic E-state index is 12.4. The van der Waals surface area contributed by atoms with Crippen molar-refractivity contribution in [2.45, 2.75) is 13.8 Å². The molecule has 0 heterocycles. The highest BCUT2D eigenvalue weighted by molar-refractivity contribution is 9.10. The SMILES string of the molecule is Cc1ccc(NC(=O)c2cc(C)ccc2NN)c(Br)c1. The van der Waals surface area contributed by atoms with Crippen molar-refractivity contribution in [3.8, 4) is 0 Å². The fraction of sp³-hybridized carbons (Fsp3) is 0.133.